The SMILES string of the molecule is O=C(O)Cn1nnnc1C1C2C3CCC(C3)C12. The second-order valence-electron chi connectivity index (χ2n) is 5.60. The van der Waals surface area contributed by atoms with Gasteiger partial charge in [0.2, 0.25) is 0 Å². The minimum absolute atomic E-state index is 0.117. The highest BCUT2D eigenvalue weighted by Gasteiger charge is 2.66. The van der Waals surface area contributed by atoms with Crippen LogP contribution >= 0.6 is 0 Å². The van der Waals surface area contributed by atoms with Gasteiger partial charge in [-0.15, -0.1) is 5.10 Å². The van der Waals surface area contributed by atoms with E-state index in [2.05, 4.69) is 15.5 Å². The van der Waals surface area contributed by atoms with Crippen LogP contribution in [0.3, 0.4) is 0 Å². The lowest BCUT2D eigenvalue weighted by Crippen LogP contribution is -2.14. The maximum absolute atomic E-state index is 10.7. The van der Waals surface area contributed by atoms with Crippen molar-refractivity contribution in [3.63, 3.8) is 0 Å². The fraction of sp³-hybridized carbons (Fsp3) is 0.818. The lowest BCUT2D eigenvalue weighted by molar-refractivity contribution is -0.138. The zero-order valence-corrected chi connectivity index (χ0v) is 9.36. The van der Waals surface area contributed by atoms with Gasteiger partial charge >= 0.3 is 5.97 Å². The van der Waals surface area contributed by atoms with E-state index in [9.17, 15) is 4.79 Å². The summed E-state index contributed by atoms with van der Waals surface area (Å²) in [6.07, 6.45) is 4.08. The van der Waals surface area contributed by atoms with Gasteiger partial charge in [0.15, 0.2) is 5.82 Å². The summed E-state index contributed by atoms with van der Waals surface area (Å²) in [7, 11) is 0. The number of hydrogen-bond donors (Lipinski definition) is 1. The normalized spacial score (nSPS) is 41.5. The third-order valence-corrected chi connectivity index (χ3v) is 4.88. The number of aliphatic carboxylic acids is 1. The molecule has 1 heterocycles. The van der Waals surface area contributed by atoms with Crippen molar-refractivity contribution >= 4 is 5.97 Å². The van der Waals surface area contributed by atoms with Crippen molar-refractivity contribution in [1.82, 2.24) is 20.2 Å². The lowest BCUT2D eigenvalue weighted by Gasteiger charge is -2.07. The zero-order valence-electron chi connectivity index (χ0n) is 9.36. The fourth-order valence-electron chi connectivity index (χ4n) is 4.36. The first kappa shape index (κ1) is 9.56. The van der Waals surface area contributed by atoms with Crippen molar-refractivity contribution in [2.24, 2.45) is 23.7 Å². The van der Waals surface area contributed by atoms with Crippen LogP contribution in [0.2, 0.25) is 0 Å². The van der Waals surface area contributed by atoms with Gasteiger partial charge in [-0.05, 0) is 53.4 Å². The van der Waals surface area contributed by atoms with E-state index in [4.69, 9.17) is 5.11 Å². The van der Waals surface area contributed by atoms with E-state index in [-0.39, 0.29) is 6.54 Å². The number of rotatable bonds is 3. The lowest BCUT2D eigenvalue weighted by atomic mass is 10.0. The molecule has 1 aromatic rings. The highest BCUT2D eigenvalue weighted by molar-refractivity contribution is 5.66. The Bertz CT molecular complexity index is 470. The summed E-state index contributed by atoms with van der Waals surface area (Å²) >= 11 is 0. The Morgan fingerprint density at radius 1 is 1.35 bits per heavy atom. The average molecular weight is 234 g/mol. The average Bonchev–Trinajstić information content (AvgIpc) is 2.72. The highest BCUT2D eigenvalue weighted by atomic mass is 16.4. The van der Waals surface area contributed by atoms with Gasteiger partial charge < -0.3 is 5.11 Å². The van der Waals surface area contributed by atoms with E-state index >= 15 is 0 Å². The molecule has 4 unspecified atom stereocenters. The van der Waals surface area contributed by atoms with Crippen LogP contribution in [0.5, 0.6) is 0 Å². The van der Waals surface area contributed by atoms with Crippen LogP contribution in [0.25, 0.3) is 0 Å². The second kappa shape index (κ2) is 3.05. The van der Waals surface area contributed by atoms with E-state index in [1.807, 2.05) is 0 Å². The maximum atomic E-state index is 10.7. The Labute approximate surface area is 98.0 Å². The molecular weight excluding hydrogens is 220 g/mol. The molecule has 0 aromatic carbocycles. The molecule has 3 fully saturated rings. The number of carbonyl (C=O) groups is 1. The van der Waals surface area contributed by atoms with E-state index in [0.717, 1.165) is 29.5 Å². The van der Waals surface area contributed by atoms with E-state index in [1.54, 1.807) is 0 Å². The summed E-state index contributed by atoms with van der Waals surface area (Å²) in [5.41, 5.74) is 0. The molecule has 3 saturated carbocycles. The summed E-state index contributed by atoms with van der Waals surface area (Å²) in [6, 6.07) is 0. The van der Waals surface area contributed by atoms with Crippen molar-refractivity contribution in [3.8, 4) is 0 Å². The summed E-state index contributed by atoms with van der Waals surface area (Å²) in [6.45, 7) is -0.117. The predicted octanol–water partition coefficient (Wildman–Crippen LogP) is 0.517. The molecule has 0 radical (unpaired) electrons. The number of carboxylic acid groups (broad SMARTS) is 1. The Balaban J connectivity index is 1.61. The molecule has 0 saturated heterocycles. The van der Waals surface area contributed by atoms with E-state index in [0.29, 0.717) is 5.92 Å². The fourth-order valence-corrected chi connectivity index (χ4v) is 4.36. The van der Waals surface area contributed by atoms with Crippen LogP contribution in [-0.4, -0.2) is 31.3 Å². The van der Waals surface area contributed by atoms with E-state index < -0.39 is 5.97 Å². The molecule has 6 nitrogen and oxygen atoms in total. The van der Waals surface area contributed by atoms with Crippen molar-refractivity contribution in [2.75, 3.05) is 0 Å². The molecule has 6 heteroatoms. The predicted molar refractivity (Wildman–Crippen MR) is 56.0 cm³/mol. The number of tetrazole rings is 1. The van der Waals surface area contributed by atoms with Gasteiger partial charge in [-0.25, -0.2) is 4.68 Å². The smallest absolute Gasteiger partial charge is 0.325 e. The Morgan fingerprint density at radius 2 is 2.06 bits per heavy atom. The minimum Gasteiger partial charge on any atom is -0.480 e. The van der Waals surface area contributed by atoms with Crippen LogP contribution in [0.15, 0.2) is 0 Å². The topological polar surface area (TPSA) is 80.9 Å². The summed E-state index contributed by atoms with van der Waals surface area (Å²) in [5, 5.41) is 20.3. The Kier molecular flexibility index (Phi) is 1.72. The summed E-state index contributed by atoms with van der Waals surface area (Å²) in [5.74, 6) is 3.55. The molecular formula is C11H14N4O2. The third-order valence-electron chi connectivity index (χ3n) is 4.88. The largest absolute Gasteiger partial charge is 0.480 e. The molecule has 1 aromatic heterocycles. The number of carboxylic acids is 1. The third kappa shape index (κ3) is 1.21. The summed E-state index contributed by atoms with van der Waals surface area (Å²) in [4.78, 5) is 10.7. The highest BCUT2D eigenvalue weighted by Crippen LogP contribution is 2.72. The number of hydrogen-bond acceptors (Lipinski definition) is 4. The van der Waals surface area contributed by atoms with Crippen molar-refractivity contribution in [1.29, 1.82) is 0 Å². The van der Waals surface area contributed by atoms with Gasteiger partial charge in [0.25, 0.3) is 0 Å². The molecule has 0 spiro atoms. The first-order valence-electron chi connectivity index (χ1n) is 6.23. The van der Waals surface area contributed by atoms with Gasteiger partial charge in [0.05, 0.1) is 0 Å². The molecule has 3 aliphatic carbocycles. The van der Waals surface area contributed by atoms with Gasteiger partial charge in [-0.2, -0.15) is 0 Å². The number of nitrogens with zero attached hydrogens (tertiary/aromatic N) is 4. The van der Waals surface area contributed by atoms with Crippen LogP contribution in [0.1, 0.15) is 31.0 Å². The molecule has 1 N–H and O–H groups in total. The van der Waals surface area contributed by atoms with Crippen molar-refractivity contribution < 1.29 is 9.90 Å². The first-order valence-corrected chi connectivity index (χ1v) is 6.23. The Morgan fingerprint density at radius 3 is 2.71 bits per heavy atom. The molecule has 2 bridgehead atoms. The van der Waals surface area contributed by atoms with Crippen LogP contribution in [-0.2, 0) is 11.3 Å². The quantitative estimate of drug-likeness (QED) is 0.824. The minimum atomic E-state index is -0.882. The zero-order chi connectivity index (χ0) is 11.6. The number of fused-ring (bicyclic) bond motifs is 5. The standard InChI is InChI=1S/C11H14N4O2/c16-7(17)4-15-11(12-13-14-15)10-8-5-1-2-6(3-5)9(8)10/h5-6,8-10H,1-4H2,(H,16,17). The van der Waals surface area contributed by atoms with Gasteiger partial charge in [-0.3, -0.25) is 4.79 Å². The van der Waals surface area contributed by atoms with Crippen LogP contribution < -0.4 is 0 Å². The molecule has 90 valence electrons. The van der Waals surface area contributed by atoms with Crippen LogP contribution in [0.4, 0.5) is 0 Å². The molecule has 4 rings (SSSR count). The maximum Gasteiger partial charge on any atom is 0.325 e. The van der Waals surface area contributed by atoms with Gasteiger partial charge in [-0.1, -0.05) is 0 Å². The molecule has 3 aliphatic rings. The molecule has 17 heavy (non-hydrogen) atoms. The van der Waals surface area contributed by atoms with Crippen molar-refractivity contribution in [3.05, 3.63) is 5.82 Å². The first-order chi connectivity index (χ1) is 8.25. The van der Waals surface area contributed by atoms with Gasteiger partial charge in [0, 0.05) is 5.92 Å². The van der Waals surface area contributed by atoms with Gasteiger partial charge in [0.1, 0.15) is 6.54 Å². The number of aromatic nitrogens is 4. The molecule has 4 atom stereocenters. The molecule has 0 amide bonds. The second-order valence-corrected chi connectivity index (χ2v) is 5.60. The molecule has 0 aliphatic heterocycles. The Hall–Kier alpha value is -1.46. The van der Waals surface area contributed by atoms with Crippen LogP contribution in [0, 0.1) is 23.7 Å². The van der Waals surface area contributed by atoms with E-state index in [1.165, 1.54) is 23.9 Å². The summed E-state index contributed by atoms with van der Waals surface area (Å²) < 4.78 is 1.46. The van der Waals surface area contributed by atoms with Crippen molar-refractivity contribution in [2.45, 2.75) is 31.7 Å². The monoisotopic (exact) mass is 234 g/mol.